The molecule has 6 nitrogen and oxygen atoms in total. The average molecular weight is 800 g/mol. The topological polar surface area (TPSA) is 73.9 Å². The maximum atomic E-state index is 13.4. The predicted molar refractivity (Wildman–Crippen MR) is 243 cm³/mol. The molecule has 0 atom stereocenters. The molecule has 5 rings (SSSR count). The minimum Gasteiger partial charge on any atom is -0.494 e. The third-order valence-corrected chi connectivity index (χ3v) is 11.2. The lowest BCUT2D eigenvalue weighted by Crippen LogP contribution is -2.14. The van der Waals surface area contributed by atoms with E-state index in [0.717, 1.165) is 65.4 Å². The van der Waals surface area contributed by atoms with Crippen molar-refractivity contribution in [3.05, 3.63) is 125 Å². The Morgan fingerprint density at radius 3 is 1.48 bits per heavy atom. The molecule has 1 amide bonds. The maximum absolute atomic E-state index is 13.4. The van der Waals surface area contributed by atoms with Crippen LogP contribution in [0.15, 0.2) is 102 Å². The standard InChI is InChI=1S/C51H61NO5S/c1-4-6-8-10-12-13-15-17-36-56-45-32-22-40(23-33-45)19-18-39-20-24-44(25-21-39)49(53)52-50-48(51(54)55-3)47(38-58-50)43-28-26-41(27-29-43)42-30-34-46(35-31-42)57-37-16-14-11-9-7-5-2/h18-35,38H,4-17,36-37H2,1-3H3,(H,52,53)/b19-18+. The quantitative estimate of drug-likeness (QED) is 0.0362. The second-order valence-electron chi connectivity index (χ2n) is 14.9. The van der Waals surface area contributed by atoms with E-state index in [1.807, 2.05) is 78.2 Å². The number of rotatable bonds is 25. The van der Waals surface area contributed by atoms with Crippen molar-refractivity contribution in [1.82, 2.24) is 0 Å². The van der Waals surface area contributed by atoms with Crippen LogP contribution >= 0.6 is 11.3 Å². The molecule has 7 heteroatoms. The summed E-state index contributed by atoms with van der Waals surface area (Å²) in [5, 5.41) is 5.29. The Bertz CT molecular complexity index is 1980. The highest BCUT2D eigenvalue weighted by Crippen LogP contribution is 2.37. The smallest absolute Gasteiger partial charge is 0.341 e. The van der Waals surface area contributed by atoms with E-state index >= 15 is 0 Å². The number of amides is 1. The Labute approximate surface area is 350 Å². The predicted octanol–water partition coefficient (Wildman–Crippen LogP) is 14.6. The average Bonchev–Trinajstić information content (AvgIpc) is 3.68. The van der Waals surface area contributed by atoms with Crippen molar-refractivity contribution in [3.63, 3.8) is 0 Å². The van der Waals surface area contributed by atoms with E-state index in [4.69, 9.17) is 14.2 Å². The molecule has 0 radical (unpaired) electrons. The lowest BCUT2D eigenvalue weighted by Gasteiger charge is -2.10. The van der Waals surface area contributed by atoms with Gasteiger partial charge in [-0.3, -0.25) is 4.79 Å². The first-order valence-corrected chi connectivity index (χ1v) is 22.2. The number of anilines is 1. The highest BCUT2D eigenvalue weighted by atomic mass is 32.1. The molecule has 0 spiro atoms. The highest BCUT2D eigenvalue weighted by molar-refractivity contribution is 7.15. The number of benzene rings is 4. The summed E-state index contributed by atoms with van der Waals surface area (Å²) in [7, 11) is 1.35. The maximum Gasteiger partial charge on any atom is 0.341 e. The molecule has 1 heterocycles. The Kier molecular flexibility index (Phi) is 18.6. The van der Waals surface area contributed by atoms with Crippen molar-refractivity contribution >= 4 is 40.4 Å². The molecule has 0 unspecified atom stereocenters. The summed E-state index contributed by atoms with van der Waals surface area (Å²) in [5.41, 5.74) is 6.57. The fourth-order valence-corrected chi connectivity index (χ4v) is 7.79. The van der Waals surface area contributed by atoms with E-state index in [-0.39, 0.29) is 5.91 Å². The number of esters is 1. The molecule has 1 aromatic heterocycles. The Morgan fingerprint density at radius 2 is 0.983 bits per heavy atom. The van der Waals surface area contributed by atoms with Gasteiger partial charge >= 0.3 is 5.97 Å². The van der Waals surface area contributed by atoms with Crippen LogP contribution in [0.2, 0.25) is 0 Å². The van der Waals surface area contributed by atoms with Crippen molar-refractivity contribution in [2.45, 2.75) is 104 Å². The number of carbonyl (C=O) groups excluding carboxylic acids is 2. The summed E-state index contributed by atoms with van der Waals surface area (Å²) < 4.78 is 17.1. The SMILES string of the molecule is CCCCCCCCCCOc1ccc(/C=C/c2ccc(C(=O)Nc3scc(-c4ccc(-c5ccc(OCCCCCCCC)cc5)cc4)c3C(=O)OC)cc2)cc1. The van der Waals surface area contributed by atoms with Crippen LogP contribution < -0.4 is 14.8 Å². The fourth-order valence-electron chi connectivity index (χ4n) is 6.84. The molecule has 1 N–H and O–H groups in total. The molecule has 58 heavy (non-hydrogen) atoms. The van der Waals surface area contributed by atoms with Gasteiger partial charge in [0.1, 0.15) is 22.1 Å². The van der Waals surface area contributed by atoms with Crippen LogP contribution in [0.1, 0.15) is 136 Å². The van der Waals surface area contributed by atoms with Gasteiger partial charge in [0, 0.05) is 16.5 Å². The van der Waals surface area contributed by atoms with Crippen molar-refractivity contribution in [3.8, 4) is 33.8 Å². The van der Waals surface area contributed by atoms with Gasteiger partial charge in [0.15, 0.2) is 0 Å². The molecule has 306 valence electrons. The molecule has 0 saturated heterocycles. The lowest BCUT2D eigenvalue weighted by atomic mass is 9.99. The van der Waals surface area contributed by atoms with Gasteiger partial charge < -0.3 is 19.5 Å². The van der Waals surface area contributed by atoms with Gasteiger partial charge in [-0.1, -0.05) is 164 Å². The monoisotopic (exact) mass is 799 g/mol. The number of hydrogen-bond donors (Lipinski definition) is 1. The normalized spacial score (nSPS) is 11.2. The molecule has 0 aliphatic heterocycles. The summed E-state index contributed by atoms with van der Waals surface area (Å²) in [6.07, 6.45) is 21.8. The van der Waals surface area contributed by atoms with Crippen molar-refractivity contribution in [2.24, 2.45) is 0 Å². The van der Waals surface area contributed by atoms with E-state index < -0.39 is 5.97 Å². The van der Waals surface area contributed by atoms with E-state index in [2.05, 4.69) is 43.4 Å². The second kappa shape index (κ2) is 24.6. The van der Waals surface area contributed by atoms with Crippen LogP contribution in [0.25, 0.3) is 34.4 Å². The number of unbranched alkanes of at least 4 members (excludes halogenated alkanes) is 12. The van der Waals surface area contributed by atoms with Crippen molar-refractivity contribution < 1.29 is 23.8 Å². The van der Waals surface area contributed by atoms with Crippen LogP contribution in [0.4, 0.5) is 5.00 Å². The highest BCUT2D eigenvalue weighted by Gasteiger charge is 2.23. The largest absolute Gasteiger partial charge is 0.494 e. The molecule has 0 saturated carbocycles. The molecular formula is C51H61NO5S. The molecule has 0 aliphatic carbocycles. The van der Waals surface area contributed by atoms with Gasteiger partial charge in [-0.05, 0) is 77.1 Å². The molecule has 0 fully saturated rings. The number of ether oxygens (including phenoxy) is 3. The van der Waals surface area contributed by atoms with Gasteiger partial charge in [0.25, 0.3) is 5.91 Å². The lowest BCUT2D eigenvalue weighted by molar-refractivity contribution is 0.0603. The first-order valence-electron chi connectivity index (χ1n) is 21.3. The first-order chi connectivity index (χ1) is 28.5. The summed E-state index contributed by atoms with van der Waals surface area (Å²) in [4.78, 5) is 26.4. The van der Waals surface area contributed by atoms with Crippen LogP contribution in [0.5, 0.6) is 11.5 Å². The number of nitrogens with one attached hydrogen (secondary N) is 1. The van der Waals surface area contributed by atoms with Gasteiger partial charge in [-0.2, -0.15) is 0 Å². The zero-order valence-corrected chi connectivity index (χ0v) is 35.5. The van der Waals surface area contributed by atoms with Crippen molar-refractivity contribution in [2.75, 3.05) is 25.6 Å². The number of carbonyl (C=O) groups is 2. The third-order valence-electron chi connectivity index (χ3n) is 10.3. The Balaban J connectivity index is 1.11. The molecule has 0 bridgehead atoms. The van der Waals surface area contributed by atoms with Gasteiger partial charge in [-0.25, -0.2) is 4.79 Å². The minimum atomic E-state index is -0.504. The Morgan fingerprint density at radius 1 is 0.552 bits per heavy atom. The zero-order chi connectivity index (χ0) is 40.8. The number of methoxy groups -OCH3 is 1. The fraction of sp³-hybridized carbons (Fsp3) is 0.373. The number of hydrogen-bond acceptors (Lipinski definition) is 6. The van der Waals surface area contributed by atoms with Crippen LogP contribution in [-0.2, 0) is 4.74 Å². The second-order valence-corrected chi connectivity index (χ2v) is 15.7. The Hall–Kier alpha value is -5.14. The third kappa shape index (κ3) is 14.1. The van der Waals surface area contributed by atoms with E-state index in [1.54, 1.807) is 12.1 Å². The summed E-state index contributed by atoms with van der Waals surface area (Å²) in [5.74, 6) is 0.967. The summed E-state index contributed by atoms with van der Waals surface area (Å²) >= 11 is 1.31. The van der Waals surface area contributed by atoms with E-state index in [1.165, 1.54) is 95.5 Å². The summed E-state index contributed by atoms with van der Waals surface area (Å²) in [6, 6.07) is 31.8. The minimum absolute atomic E-state index is 0.300. The van der Waals surface area contributed by atoms with Gasteiger partial charge in [0.2, 0.25) is 0 Å². The first kappa shape index (κ1) is 44.0. The van der Waals surface area contributed by atoms with E-state index in [9.17, 15) is 9.59 Å². The van der Waals surface area contributed by atoms with Crippen molar-refractivity contribution in [1.29, 1.82) is 0 Å². The van der Waals surface area contributed by atoms with Gasteiger partial charge in [-0.15, -0.1) is 11.3 Å². The zero-order valence-electron chi connectivity index (χ0n) is 34.7. The molecule has 4 aromatic carbocycles. The van der Waals surface area contributed by atoms with Crippen LogP contribution in [0, 0.1) is 0 Å². The number of thiophene rings is 1. The van der Waals surface area contributed by atoms with E-state index in [0.29, 0.717) is 21.7 Å². The molecule has 0 aliphatic rings. The van der Waals surface area contributed by atoms with Crippen LogP contribution in [0.3, 0.4) is 0 Å². The van der Waals surface area contributed by atoms with Gasteiger partial charge in [0.05, 0.1) is 20.3 Å². The molecule has 5 aromatic rings. The van der Waals surface area contributed by atoms with Crippen LogP contribution in [-0.4, -0.2) is 32.2 Å². The molecular weight excluding hydrogens is 739 g/mol. The summed E-state index contributed by atoms with van der Waals surface area (Å²) in [6.45, 7) is 5.98.